The molecule has 3 nitrogen and oxygen atoms in total. The van der Waals surface area contributed by atoms with E-state index < -0.39 is 12.1 Å². The molecule has 1 aliphatic heterocycles. The molecular formula is C9H13F2N3. The fourth-order valence-electron chi connectivity index (χ4n) is 1.68. The van der Waals surface area contributed by atoms with Gasteiger partial charge < -0.3 is 5.32 Å². The van der Waals surface area contributed by atoms with Crippen molar-refractivity contribution >= 4 is 0 Å². The van der Waals surface area contributed by atoms with Gasteiger partial charge in [-0.15, -0.1) is 0 Å². The zero-order chi connectivity index (χ0) is 10.8. The summed E-state index contributed by atoms with van der Waals surface area (Å²) in [5.41, 5.74) is -0.409. The summed E-state index contributed by atoms with van der Waals surface area (Å²) in [6.45, 7) is 1.75. The summed E-state index contributed by atoms with van der Waals surface area (Å²) in [7, 11) is 0. The smallest absolute Gasteiger partial charge is 0.282 e. The summed E-state index contributed by atoms with van der Waals surface area (Å²) >= 11 is 0. The van der Waals surface area contributed by atoms with E-state index in [9.17, 15) is 8.78 Å². The predicted octanol–water partition coefficient (Wildman–Crippen LogP) is 1.75. The summed E-state index contributed by atoms with van der Waals surface area (Å²) in [6, 6.07) is -0.00798. The Morgan fingerprint density at radius 1 is 1.57 bits per heavy atom. The Balaban J connectivity index is 2.17. The number of halogens is 2. The molecule has 0 spiro atoms. The minimum absolute atomic E-state index is 0.155. The van der Waals surface area contributed by atoms with E-state index in [0.29, 0.717) is 0 Å². The average molecular weight is 202 g/mol. The van der Waals surface area contributed by atoms with Crippen LogP contribution in [0.25, 0.3) is 0 Å². The van der Waals surface area contributed by atoms with Crippen molar-refractivity contribution in [3.05, 3.63) is 17.9 Å². The predicted molar refractivity (Wildman–Crippen MR) is 48.3 cm³/mol. The van der Waals surface area contributed by atoms with Crippen molar-refractivity contribution in [2.24, 2.45) is 0 Å². The number of aromatic nitrogens is 2. The second-order valence-electron chi connectivity index (χ2n) is 3.42. The molecule has 78 valence electrons. The van der Waals surface area contributed by atoms with Crippen LogP contribution in [0.5, 0.6) is 0 Å². The lowest BCUT2D eigenvalue weighted by molar-refractivity contribution is 0.144. The molecule has 1 aliphatic rings. The van der Waals surface area contributed by atoms with Crippen molar-refractivity contribution < 1.29 is 10.2 Å². The van der Waals surface area contributed by atoms with Crippen molar-refractivity contribution in [1.82, 2.24) is 15.1 Å². The van der Waals surface area contributed by atoms with E-state index in [1.165, 1.54) is 10.9 Å². The standard InChI is InChI=1S/C9H13F2N3/c10-9(11)8-3-6-14(13-8)7-1-4-12-5-2-7/h3,6-7,9,12H,1-2,4-5H2/i3D. The highest BCUT2D eigenvalue weighted by Crippen LogP contribution is 2.21. The van der Waals surface area contributed by atoms with Crippen LogP contribution in [0.1, 0.15) is 32.4 Å². The first-order valence-corrected chi connectivity index (χ1v) is 4.73. The molecule has 1 aromatic heterocycles. The van der Waals surface area contributed by atoms with Crippen LogP contribution in [0, 0.1) is 0 Å². The topological polar surface area (TPSA) is 29.9 Å². The van der Waals surface area contributed by atoms with Gasteiger partial charge in [-0.3, -0.25) is 4.68 Å². The molecule has 0 amide bonds. The Morgan fingerprint density at radius 3 is 2.86 bits per heavy atom. The van der Waals surface area contributed by atoms with E-state index in [2.05, 4.69) is 10.4 Å². The highest BCUT2D eigenvalue weighted by Gasteiger charge is 2.17. The van der Waals surface area contributed by atoms with Crippen LogP contribution in [0.2, 0.25) is 0 Å². The van der Waals surface area contributed by atoms with Gasteiger partial charge in [-0.25, -0.2) is 8.78 Å². The molecule has 14 heavy (non-hydrogen) atoms. The van der Waals surface area contributed by atoms with Gasteiger partial charge in [0.1, 0.15) is 5.69 Å². The number of nitrogens with zero attached hydrogens (tertiary/aromatic N) is 2. The van der Waals surface area contributed by atoms with Crippen molar-refractivity contribution in [3.8, 4) is 0 Å². The van der Waals surface area contributed by atoms with Crippen molar-refractivity contribution in [3.63, 3.8) is 0 Å². The Kier molecular flexibility index (Phi) is 2.41. The second kappa shape index (κ2) is 4.04. The molecule has 1 N–H and O–H groups in total. The largest absolute Gasteiger partial charge is 0.317 e. The van der Waals surface area contributed by atoms with Gasteiger partial charge in [0.2, 0.25) is 0 Å². The Bertz CT molecular complexity index is 334. The highest BCUT2D eigenvalue weighted by atomic mass is 19.3. The summed E-state index contributed by atoms with van der Waals surface area (Å²) < 4.78 is 33.7. The summed E-state index contributed by atoms with van der Waals surface area (Å²) in [5, 5.41) is 6.98. The molecule has 0 unspecified atom stereocenters. The molecule has 5 heteroatoms. The van der Waals surface area contributed by atoms with Crippen LogP contribution in [-0.2, 0) is 0 Å². The van der Waals surface area contributed by atoms with Crippen LogP contribution >= 0.6 is 0 Å². The molecule has 1 fully saturated rings. The number of hydrogen-bond acceptors (Lipinski definition) is 2. The molecule has 0 bridgehead atoms. The Hall–Kier alpha value is -0.970. The van der Waals surface area contributed by atoms with Gasteiger partial charge in [0.05, 0.1) is 7.41 Å². The molecule has 0 radical (unpaired) electrons. The van der Waals surface area contributed by atoms with Crippen LogP contribution in [0.4, 0.5) is 8.78 Å². The first kappa shape index (κ1) is 8.35. The number of alkyl halides is 2. The van der Waals surface area contributed by atoms with E-state index >= 15 is 0 Å². The zero-order valence-corrected chi connectivity index (χ0v) is 7.71. The first-order chi connectivity index (χ1) is 7.18. The minimum atomic E-state index is -2.65. The number of piperidine rings is 1. The van der Waals surface area contributed by atoms with Gasteiger partial charge in [-0.05, 0) is 32.0 Å². The van der Waals surface area contributed by atoms with Crippen molar-refractivity contribution in [1.29, 1.82) is 0 Å². The van der Waals surface area contributed by atoms with Gasteiger partial charge in [-0.1, -0.05) is 0 Å². The van der Waals surface area contributed by atoms with E-state index in [4.69, 9.17) is 1.37 Å². The van der Waals surface area contributed by atoms with Gasteiger partial charge in [-0.2, -0.15) is 5.10 Å². The Labute approximate surface area is 82.5 Å². The lowest BCUT2D eigenvalue weighted by Crippen LogP contribution is -2.29. The SMILES string of the molecule is [2H]c1cn(C2CCNCC2)nc1C(F)F. The summed E-state index contributed by atoms with van der Waals surface area (Å²) in [5.74, 6) is 0. The molecule has 1 aromatic rings. The maximum Gasteiger partial charge on any atom is 0.282 e. The van der Waals surface area contributed by atoms with Crippen LogP contribution in [-0.4, -0.2) is 22.9 Å². The third-order valence-electron chi connectivity index (χ3n) is 2.46. The molecule has 2 heterocycles. The Morgan fingerprint density at radius 2 is 2.29 bits per heavy atom. The number of rotatable bonds is 2. The summed E-state index contributed by atoms with van der Waals surface area (Å²) in [6.07, 6.45) is 0.505. The van der Waals surface area contributed by atoms with Gasteiger partial charge >= 0.3 is 0 Å². The molecule has 0 atom stereocenters. The number of nitrogens with one attached hydrogen (secondary N) is 1. The molecule has 2 rings (SSSR count). The molecule has 0 aromatic carbocycles. The lowest BCUT2D eigenvalue weighted by Gasteiger charge is -2.22. The molecule has 0 saturated carbocycles. The lowest BCUT2D eigenvalue weighted by atomic mass is 10.1. The zero-order valence-electron chi connectivity index (χ0n) is 8.71. The maximum absolute atomic E-state index is 12.4. The van der Waals surface area contributed by atoms with Crippen molar-refractivity contribution in [2.45, 2.75) is 25.3 Å². The van der Waals surface area contributed by atoms with Crippen LogP contribution in [0.3, 0.4) is 0 Å². The van der Waals surface area contributed by atoms with E-state index in [0.717, 1.165) is 25.9 Å². The van der Waals surface area contributed by atoms with E-state index in [1.807, 2.05) is 0 Å². The molecular weight excluding hydrogens is 188 g/mol. The van der Waals surface area contributed by atoms with Crippen molar-refractivity contribution in [2.75, 3.05) is 13.1 Å². The average Bonchev–Trinajstić information content (AvgIpc) is 2.62. The first-order valence-electron chi connectivity index (χ1n) is 5.23. The van der Waals surface area contributed by atoms with E-state index in [1.54, 1.807) is 0 Å². The van der Waals surface area contributed by atoms with E-state index in [-0.39, 0.29) is 12.1 Å². The highest BCUT2D eigenvalue weighted by molar-refractivity contribution is 5.01. The third-order valence-corrected chi connectivity index (χ3v) is 2.46. The molecule has 0 aliphatic carbocycles. The fourth-order valence-corrected chi connectivity index (χ4v) is 1.68. The third kappa shape index (κ3) is 1.92. The summed E-state index contributed by atoms with van der Waals surface area (Å²) in [4.78, 5) is 0. The normalized spacial score (nSPS) is 20.1. The molecule has 1 saturated heterocycles. The van der Waals surface area contributed by atoms with Crippen LogP contribution in [0.15, 0.2) is 12.2 Å². The monoisotopic (exact) mass is 202 g/mol. The van der Waals surface area contributed by atoms with Gasteiger partial charge in [0.15, 0.2) is 0 Å². The van der Waals surface area contributed by atoms with Gasteiger partial charge in [0.25, 0.3) is 6.43 Å². The van der Waals surface area contributed by atoms with Gasteiger partial charge in [0, 0.05) is 6.20 Å². The second-order valence-corrected chi connectivity index (χ2v) is 3.42. The van der Waals surface area contributed by atoms with Crippen LogP contribution < -0.4 is 5.32 Å². The minimum Gasteiger partial charge on any atom is -0.317 e. The quantitative estimate of drug-likeness (QED) is 0.791. The number of hydrogen-bond donors (Lipinski definition) is 1. The fraction of sp³-hybridized carbons (Fsp3) is 0.667. The maximum atomic E-state index is 12.4.